The van der Waals surface area contributed by atoms with Crippen LogP contribution in [0.2, 0.25) is 0 Å². The maximum Gasteiger partial charge on any atom is 0.272 e. The first kappa shape index (κ1) is 20.3. The molecule has 0 aliphatic carbocycles. The lowest BCUT2D eigenvalue weighted by Crippen LogP contribution is -2.35. The molecule has 2 aromatic rings. The molecule has 8 heteroatoms. The van der Waals surface area contributed by atoms with Crippen molar-refractivity contribution in [3.63, 3.8) is 0 Å². The van der Waals surface area contributed by atoms with Crippen LogP contribution in [0.1, 0.15) is 58.3 Å². The lowest BCUT2D eigenvalue weighted by molar-refractivity contribution is 0.101. The van der Waals surface area contributed by atoms with Crippen molar-refractivity contribution in [2.75, 3.05) is 18.4 Å². The fraction of sp³-hybridized carbons (Fsp3) is 0.400. The molecule has 0 unspecified atom stereocenters. The Hall–Kier alpha value is -2.45. The molecule has 2 heterocycles. The Labute approximate surface area is 165 Å². The number of hydrogen-bond donors (Lipinski definition) is 2. The number of anilines is 1. The highest BCUT2D eigenvalue weighted by Crippen LogP contribution is 2.23. The van der Waals surface area contributed by atoms with E-state index in [1.54, 1.807) is 26.0 Å². The lowest BCUT2D eigenvalue weighted by Gasteiger charge is -2.25. The summed E-state index contributed by atoms with van der Waals surface area (Å²) in [6, 6.07) is 6.16. The molecule has 1 amide bonds. The van der Waals surface area contributed by atoms with Crippen LogP contribution in [-0.4, -0.2) is 42.5 Å². The normalized spacial score (nSPS) is 15.4. The van der Waals surface area contributed by atoms with Crippen molar-refractivity contribution in [3.05, 3.63) is 46.8 Å². The Morgan fingerprint density at radius 3 is 2.18 bits per heavy atom. The van der Waals surface area contributed by atoms with Crippen LogP contribution >= 0.6 is 0 Å². The molecule has 1 saturated heterocycles. The average Bonchev–Trinajstić information content (AvgIpc) is 2.97. The number of nitrogens with zero attached hydrogens (tertiary/aromatic N) is 1. The first-order valence-electron chi connectivity index (χ1n) is 9.33. The van der Waals surface area contributed by atoms with Gasteiger partial charge in [-0.25, -0.2) is 8.42 Å². The van der Waals surface area contributed by atoms with Gasteiger partial charge in [-0.15, -0.1) is 0 Å². The van der Waals surface area contributed by atoms with Gasteiger partial charge in [-0.1, -0.05) is 6.42 Å². The van der Waals surface area contributed by atoms with Crippen molar-refractivity contribution >= 4 is 27.4 Å². The van der Waals surface area contributed by atoms with E-state index in [-0.39, 0.29) is 16.6 Å². The van der Waals surface area contributed by atoms with Crippen molar-refractivity contribution in [3.8, 4) is 0 Å². The molecule has 1 aliphatic rings. The third-order valence-corrected chi connectivity index (χ3v) is 6.99. The summed E-state index contributed by atoms with van der Waals surface area (Å²) in [5.74, 6) is -0.475. The molecule has 2 N–H and O–H groups in total. The molecular weight excluding hydrogens is 378 g/mol. The molecule has 28 heavy (non-hydrogen) atoms. The van der Waals surface area contributed by atoms with Crippen LogP contribution in [0.15, 0.2) is 29.2 Å². The number of rotatable bonds is 5. The first-order chi connectivity index (χ1) is 13.2. The zero-order valence-electron chi connectivity index (χ0n) is 16.3. The fourth-order valence-electron chi connectivity index (χ4n) is 3.66. The standard InChI is InChI=1S/C20H25N3O4S/c1-13-18(15(3)24)14(2)21-19(13)20(25)22-16-7-9-17(10-8-16)28(26,27)23-11-5-4-6-12-23/h7-10,21H,4-6,11-12H2,1-3H3,(H,22,25). The van der Waals surface area contributed by atoms with Crippen molar-refractivity contribution in [1.82, 2.24) is 9.29 Å². The quantitative estimate of drug-likeness (QED) is 0.749. The number of Topliss-reactive ketones (excluding diaryl/α,β-unsaturated/α-hetero) is 1. The number of nitrogens with one attached hydrogen (secondary N) is 2. The minimum Gasteiger partial charge on any atom is -0.354 e. The third-order valence-electron chi connectivity index (χ3n) is 5.08. The van der Waals surface area contributed by atoms with Gasteiger partial charge in [-0.3, -0.25) is 9.59 Å². The molecule has 3 rings (SSSR count). The van der Waals surface area contributed by atoms with Crippen LogP contribution in [0.5, 0.6) is 0 Å². The molecule has 1 aromatic carbocycles. The van der Waals surface area contributed by atoms with Crippen LogP contribution in [0.3, 0.4) is 0 Å². The topological polar surface area (TPSA) is 99.3 Å². The van der Waals surface area contributed by atoms with E-state index in [4.69, 9.17) is 0 Å². The van der Waals surface area contributed by atoms with Crippen LogP contribution in [-0.2, 0) is 10.0 Å². The summed E-state index contributed by atoms with van der Waals surface area (Å²) in [6.45, 7) is 6.03. The van der Waals surface area contributed by atoms with E-state index in [0.29, 0.717) is 41.3 Å². The molecule has 0 saturated carbocycles. The summed E-state index contributed by atoms with van der Waals surface area (Å²) in [7, 11) is -3.50. The Balaban J connectivity index is 1.77. The van der Waals surface area contributed by atoms with E-state index in [2.05, 4.69) is 10.3 Å². The van der Waals surface area contributed by atoms with Crippen molar-refractivity contribution < 1.29 is 18.0 Å². The maximum atomic E-state index is 12.7. The molecule has 0 bridgehead atoms. The fourth-order valence-corrected chi connectivity index (χ4v) is 5.18. The van der Waals surface area contributed by atoms with E-state index in [1.165, 1.54) is 23.4 Å². The number of piperidine rings is 1. The molecule has 1 aliphatic heterocycles. The van der Waals surface area contributed by atoms with Crippen molar-refractivity contribution in [2.24, 2.45) is 0 Å². The van der Waals surface area contributed by atoms with E-state index in [9.17, 15) is 18.0 Å². The molecular formula is C20H25N3O4S. The van der Waals surface area contributed by atoms with Gasteiger partial charge in [0.2, 0.25) is 10.0 Å². The summed E-state index contributed by atoms with van der Waals surface area (Å²) < 4.78 is 26.9. The third kappa shape index (κ3) is 3.88. The summed E-state index contributed by atoms with van der Waals surface area (Å²) in [5.41, 5.74) is 2.59. The number of sulfonamides is 1. The largest absolute Gasteiger partial charge is 0.354 e. The predicted molar refractivity (Wildman–Crippen MR) is 107 cm³/mol. The second-order valence-electron chi connectivity index (χ2n) is 7.12. The van der Waals surface area contributed by atoms with Gasteiger partial charge in [0, 0.05) is 30.0 Å². The first-order valence-corrected chi connectivity index (χ1v) is 10.8. The molecule has 0 spiro atoms. The van der Waals surface area contributed by atoms with Crippen LogP contribution in [0.4, 0.5) is 5.69 Å². The Morgan fingerprint density at radius 2 is 1.64 bits per heavy atom. The van der Waals surface area contributed by atoms with Gasteiger partial charge in [0.1, 0.15) is 5.69 Å². The highest BCUT2D eigenvalue weighted by molar-refractivity contribution is 7.89. The van der Waals surface area contributed by atoms with Crippen molar-refractivity contribution in [1.29, 1.82) is 0 Å². The average molecular weight is 404 g/mol. The number of hydrogen-bond acceptors (Lipinski definition) is 4. The Morgan fingerprint density at radius 1 is 1.04 bits per heavy atom. The van der Waals surface area contributed by atoms with Crippen LogP contribution in [0, 0.1) is 13.8 Å². The molecule has 150 valence electrons. The minimum atomic E-state index is -3.50. The number of amides is 1. The number of carbonyl (C=O) groups is 2. The van der Waals surface area contributed by atoms with Gasteiger partial charge in [-0.05, 0) is 63.4 Å². The number of aromatic amines is 1. The maximum absolute atomic E-state index is 12.7. The van der Waals surface area contributed by atoms with E-state index in [1.807, 2.05) is 0 Å². The smallest absolute Gasteiger partial charge is 0.272 e. The monoisotopic (exact) mass is 403 g/mol. The van der Waals surface area contributed by atoms with Crippen LogP contribution < -0.4 is 5.32 Å². The second kappa shape index (κ2) is 7.89. The molecule has 1 aromatic heterocycles. The number of H-pyrrole nitrogens is 1. The Bertz CT molecular complexity index is 1000. The number of ketones is 1. The van der Waals surface area contributed by atoms with E-state index in [0.717, 1.165) is 19.3 Å². The summed E-state index contributed by atoms with van der Waals surface area (Å²) in [5, 5.41) is 2.75. The molecule has 0 atom stereocenters. The molecule has 1 fully saturated rings. The second-order valence-corrected chi connectivity index (χ2v) is 9.06. The SMILES string of the molecule is CC(=O)c1c(C)[nH]c(C(=O)Nc2ccc(S(=O)(=O)N3CCCCC3)cc2)c1C. The van der Waals surface area contributed by atoms with Gasteiger partial charge in [0.25, 0.3) is 5.91 Å². The highest BCUT2D eigenvalue weighted by Gasteiger charge is 2.26. The lowest BCUT2D eigenvalue weighted by atomic mass is 10.1. The number of benzene rings is 1. The highest BCUT2D eigenvalue weighted by atomic mass is 32.2. The van der Waals surface area contributed by atoms with E-state index >= 15 is 0 Å². The van der Waals surface area contributed by atoms with Gasteiger partial charge in [-0.2, -0.15) is 4.31 Å². The molecule has 7 nitrogen and oxygen atoms in total. The zero-order valence-corrected chi connectivity index (χ0v) is 17.1. The predicted octanol–water partition coefficient (Wildman–Crippen LogP) is 3.26. The molecule has 0 radical (unpaired) electrons. The summed E-state index contributed by atoms with van der Waals surface area (Å²) in [6.07, 6.45) is 2.81. The number of aryl methyl sites for hydroxylation is 1. The summed E-state index contributed by atoms with van der Waals surface area (Å²) in [4.78, 5) is 27.5. The summed E-state index contributed by atoms with van der Waals surface area (Å²) >= 11 is 0. The van der Waals surface area contributed by atoms with Gasteiger partial charge in [0.15, 0.2) is 5.78 Å². The zero-order chi connectivity index (χ0) is 20.5. The van der Waals surface area contributed by atoms with Gasteiger partial charge in [0.05, 0.1) is 4.90 Å². The van der Waals surface area contributed by atoms with Gasteiger partial charge >= 0.3 is 0 Å². The van der Waals surface area contributed by atoms with E-state index < -0.39 is 10.0 Å². The number of carbonyl (C=O) groups excluding carboxylic acids is 2. The van der Waals surface area contributed by atoms with Gasteiger partial charge < -0.3 is 10.3 Å². The Kier molecular flexibility index (Phi) is 5.71. The van der Waals surface area contributed by atoms with Crippen LogP contribution in [0.25, 0.3) is 0 Å². The minimum absolute atomic E-state index is 0.0995. The van der Waals surface area contributed by atoms with Crippen molar-refractivity contribution in [2.45, 2.75) is 44.9 Å². The number of aromatic nitrogens is 1.